The van der Waals surface area contributed by atoms with Gasteiger partial charge in [0.1, 0.15) is 4.99 Å². The van der Waals surface area contributed by atoms with Gasteiger partial charge in [0.2, 0.25) is 5.91 Å². The lowest BCUT2D eigenvalue weighted by Gasteiger charge is -2.10. The maximum atomic E-state index is 11.7. The summed E-state index contributed by atoms with van der Waals surface area (Å²) < 4.78 is 6.13. The Morgan fingerprint density at radius 3 is 2.84 bits per heavy atom. The Balaban J connectivity index is 2.61. The SMILES string of the molecule is CCCOCCC(=O)Nc1ccc(Br)cc1C(N)=S. The topological polar surface area (TPSA) is 64.3 Å². The molecular weight excluding hydrogens is 328 g/mol. The lowest BCUT2D eigenvalue weighted by molar-refractivity contribution is -0.117. The number of hydrogen-bond acceptors (Lipinski definition) is 3. The van der Waals surface area contributed by atoms with Crippen LogP contribution in [0.2, 0.25) is 0 Å². The van der Waals surface area contributed by atoms with Gasteiger partial charge in [-0.3, -0.25) is 4.79 Å². The fourth-order valence-electron chi connectivity index (χ4n) is 1.45. The molecule has 0 aliphatic heterocycles. The van der Waals surface area contributed by atoms with E-state index >= 15 is 0 Å². The second-order valence-electron chi connectivity index (χ2n) is 3.96. The normalized spacial score (nSPS) is 10.2. The highest BCUT2D eigenvalue weighted by molar-refractivity contribution is 9.10. The zero-order valence-corrected chi connectivity index (χ0v) is 13.1. The van der Waals surface area contributed by atoms with Gasteiger partial charge >= 0.3 is 0 Å². The van der Waals surface area contributed by atoms with Crippen LogP contribution >= 0.6 is 28.1 Å². The Labute approximate surface area is 126 Å². The van der Waals surface area contributed by atoms with Crippen molar-refractivity contribution in [1.82, 2.24) is 0 Å². The predicted molar refractivity (Wildman–Crippen MR) is 84.4 cm³/mol. The number of carbonyl (C=O) groups is 1. The van der Waals surface area contributed by atoms with E-state index in [1.165, 1.54) is 0 Å². The first-order chi connectivity index (χ1) is 9.04. The summed E-state index contributed by atoms with van der Waals surface area (Å²) >= 11 is 8.31. The first kappa shape index (κ1) is 16.1. The van der Waals surface area contributed by atoms with Crippen LogP contribution in [0.5, 0.6) is 0 Å². The van der Waals surface area contributed by atoms with Crippen molar-refractivity contribution in [3.63, 3.8) is 0 Å². The molecule has 1 aromatic rings. The zero-order chi connectivity index (χ0) is 14.3. The van der Waals surface area contributed by atoms with E-state index in [-0.39, 0.29) is 10.9 Å². The minimum atomic E-state index is -0.115. The second-order valence-corrected chi connectivity index (χ2v) is 5.32. The van der Waals surface area contributed by atoms with E-state index in [2.05, 4.69) is 21.2 Å². The van der Waals surface area contributed by atoms with Crippen molar-refractivity contribution in [2.24, 2.45) is 5.73 Å². The van der Waals surface area contributed by atoms with Crippen molar-refractivity contribution in [3.05, 3.63) is 28.2 Å². The summed E-state index contributed by atoms with van der Waals surface area (Å²) in [6.07, 6.45) is 1.26. The molecule has 4 nitrogen and oxygen atoms in total. The Morgan fingerprint density at radius 1 is 1.47 bits per heavy atom. The molecular formula is C13H17BrN2O2S. The number of anilines is 1. The zero-order valence-electron chi connectivity index (χ0n) is 10.7. The Morgan fingerprint density at radius 2 is 2.21 bits per heavy atom. The number of carbonyl (C=O) groups excluding carboxylic acids is 1. The number of halogens is 1. The molecule has 0 aliphatic rings. The monoisotopic (exact) mass is 344 g/mol. The summed E-state index contributed by atoms with van der Waals surface area (Å²) in [4.78, 5) is 12.0. The van der Waals surface area contributed by atoms with Gasteiger partial charge < -0.3 is 15.8 Å². The van der Waals surface area contributed by atoms with E-state index in [1.807, 2.05) is 13.0 Å². The van der Waals surface area contributed by atoms with Gasteiger partial charge in [-0.1, -0.05) is 35.1 Å². The van der Waals surface area contributed by atoms with Crippen LogP contribution in [0.15, 0.2) is 22.7 Å². The molecule has 0 spiro atoms. The number of hydrogen-bond donors (Lipinski definition) is 2. The van der Waals surface area contributed by atoms with Crippen molar-refractivity contribution in [2.45, 2.75) is 19.8 Å². The molecule has 6 heteroatoms. The lowest BCUT2D eigenvalue weighted by Crippen LogP contribution is -2.18. The van der Waals surface area contributed by atoms with Crippen molar-refractivity contribution >= 4 is 44.7 Å². The first-order valence-electron chi connectivity index (χ1n) is 6.01. The van der Waals surface area contributed by atoms with E-state index in [4.69, 9.17) is 22.7 Å². The number of thiocarbonyl (C=S) groups is 1. The van der Waals surface area contributed by atoms with Crippen molar-refractivity contribution in [2.75, 3.05) is 18.5 Å². The van der Waals surface area contributed by atoms with Gasteiger partial charge in [-0.05, 0) is 24.6 Å². The van der Waals surface area contributed by atoms with Crippen molar-refractivity contribution < 1.29 is 9.53 Å². The molecule has 0 atom stereocenters. The quantitative estimate of drug-likeness (QED) is 0.589. The van der Waals surface area contributed by atoms with E-state index in [1.54, 1.807) is 12.1 Å². The summed E-state index contributed by atoms with van der Waals surface area (Å²) in [5.41, 5.74) is 6.90. The Hall–Kier alpha value is -0.980. The fraction of sp³-hybridized carbons (Fsp3) is 0.385. The number of rotatable bonds is 7. The molecule has 0 saturated carbocycles. The number of benzene rings is 1. The predicted octanol–water partition coefficient (Wildman–Crippen LogP) is 2.84. The van der Waals surface area contributed by atoms with E-state index in [9.17, 15) is 4.79 Å². The highest BCUT2D eigenvalue weighted by Crippen LogP contribution is 2.21. The third-order valence-corrected chi connectivity index (χ3v) is 3.06. The first-order valence-corrected chi connectivity index (χ1v) is 7.21. The molecule has 0 heterocycles. The van der Waals surface area contributed by atoms with Crippen LogP contribution in [0, 0.1) is 0 Å². The van der Waals surface area contributed by atoms with Gasteiger partial charge in [0.15, 0.2) is 0 Å². The van der Waals surface area contributed by atoms with Crippen LogP contribution in [-0.2, 0) is 9.53 Å². The van der Waals surface area contributed by atoms with Gasteiger partial charge in [-0.25, -0.2) is 0 Å². The fourth-order valence-corrected chi connectivity index (χ4v) is 1.98. The van der Waals surface area contributed by atoms with Gasteiger partial charge in [0.05, 0.1) is 18.7 Å². The molecule has 1 aromatic carbocycles. The third-order valence-electron chi connectivity index (χ3n) is 2.34. The molecule has 3 N–H and O–H groups in total. The minimum absolute atomic E-state index is 0.115. The molecule has 0 fully saturated rings. The van der Waals surface area contributed by atoms with Crippen LogP contribution in [-0.4, -0.2) is 24.1 Å². The van der Waals surface area contributed by atoms with Crippen LogP contribution in [0.25, 0.3) is 0 Å². The average molecular weight is 345 g/mol. The standard InChI is InChI=1S/C13H17BrN2O2S/c1-2-6-18-7-5-12(17)16-11-4-3-9(14)8-10(11)13(15)19/h3-4,8H,2,5-7H2,1H3,(H2,15,19)(H,16,17). The van der Waals surface area contributed by atoms with Crippen molar-refractivity contribution in [1.29, 1.82) is 0 Å². The summed E-state index contributed by atoms with van der Waals surface area (Å²) in [5.74, 6) is -0.115. The van der Waals surface area contributed by atoms with Gasteiger partial charge in [0, 0.05) is 16.6 Å². The molecule has 19 heavy (non-hydrogen) atoms. The highest BCUT2D eigenvalue weighted by atomic mass is 79.9. The second kappa shape index (κ2) is 8.24. The van der Waals surface area contributed by atoms with Crippen LogP contribution in [0.1, 0.15) is 25.3 Å². The molecule has 1 amide bonds. The Kier molecular flexibility index (Phi) is 6.97. The van der Waals surface area contributed by atoms with Gasteiger partial charge in [-0.2, -0.15) is 0 Å². The number of nitrogens with one attached hydrogen (secondary N) is 1. The average Bonchev–Trinajstić information content (AvgIpc) is 2.36. The number of amides is 1. The summed E-state index contributed by atoms with van der Waals surface area (Å²) in [5, 5.41) is 2.79. The van der Waals surface area contributed by atoms with Crippen LogP contribution in [0.4, 0.5) is 5.69 Å². The maximum absolute atomic E-state index is 11.7. The molecule has 0 saturated heterocycles. The van der Waals surface area contributed by atoms with Gasteiger partial charge in [-0.15, -0.1) is 0 Å². The van der Waals surface area contributed by atoms with E-state index in [0.29, 0.717) is 30.9 Å². The van der Waals surface area contributed by atoms with Crippen molar-refractivity contribution in [3.8, 4) is 0 Å². The van der Waals surface area contributed by atoms with Crippen LogP contribution in [0.3, 0.4) is 0 Å². The third kappa shape index (κ3) is 5.67. The summed E-state index contributed by atoms with van der Waals surface area (Å²) in [6.45, 7) is 3.11. The molecule has 104 valence electrons. The lowest BCUT2D eigenvalue weighted by atomic mass is 10.1. The Bertz CT molecular complexity index is 466. The van der Waals surface area contributed by atoms with E-state index < -0.39 is 0 Å². The minimum Gasteiger partial charge on any atom is -0.389 e. The van der Waals surface area contributed by atoms with E-state index in [0.717, 1.165) is 10.9 Å². The molecule has 1 rings (SSSR count). The summed E-state index contributed by atoms with van der Waals surface area (Å²) in [7, 11) is 0. The molecule has 0 bridgehead atoms. The highest BCUT2D eigenvalue weighted by Gasteiger charge is 2.09. The number of nitrogens with two attached hydrogens (primary N) is 1. The van der Waals surface area contributed by atoms with Crippen LogP contribution < -0.4 is 11.1 Å². The smallest absolute Gasteiger partial charge is 0.226 e. The molecule has 0 aliphatic carbocycles. The van der Waals surface area contributed by atoms with Gasteiger partial charge in [0.25, 0.3) is 0 Å². The molecule has 0 radical (unpaired) electrons. The number of ether oxygens (including phenoxy) is 1. The molecule has 0 aromatic heterocycles. The maximum Gasteiger partial charge on any atom is 0.226 e. The molecule has 0 unspecified atom stereocenters. The largest absolute Gasteiger partial charge is 0.389 e. The summed E-state index contributed by atoms with van der Waals surface area (Å²) in [6, 6.07) is 5.37.